The van der Waals surface area contributed by atoms with Gasteiger partial charge in [0.15, 0.2) is 5.58 Å². The van der Waals surface area contributed by atoms with Crippen molar-refractivity contribution in [2.45, 2.75) is 33.4 Å². The molecule has 0 atom stereocenters. The number of aromatic nitrogens is 3. The summed E-state index contributed by atoms with van der Waals surface area (Å²) in [6, 6.07) is 7.45. The molecule has 0 saturated heterocycles. The maximum atomic E-state index is 12.1. The summed E-state index contributed by atoms with van der Waals surface area (Å²) in [6.07, 6.45) is 0.849. The van der Waals surface area contributed by atoms with E-state index >= 15 is 0 Å². The summed E-state index contributed by atoms with van der Waals surface area (Å²) in [6.45, 7) is 5.31. The largest absolute Gasteiger partial charge is 0.420 e. The smallest absolute Gasteiger partial charge is 0.408 e. The number of hydrogen-bond donors (Lipinski definition) is 0. The van der Waals surface area contributed by atoms with Crippen LogP contribution in [0.5, 0.6) is 0 Å². The van der Waals surface area contributed by atoms with Gasteiger partial charge in [0.1, 0.15) is 0 Å². The molecule has 6 heteroatoms. The molecule has 2 heterocycles. The van der Waals surface area contributed by atoms with E-state index in [0.717, 1.165) is 34.3 Å². The maximum absolute atomic E-state index is 12.1. The van der Waals surface area contributed by atoms with Crippen LogP contribution in [-0.4, -0.2) is 14.3 Å². The number of para-hydroxylation sites is 2. The maximum Gasteiger partial charge on any atom is 0.420 e. The third-order valence-electron chi connectivity index (χ3n) is 3.58. The quantitative estimate of drug-likeness (QED) is 0.726. The number of fused-ring (bicyclic) bond motifs is 1. The second-order valence-corrected chi connectivity index (χ2v) is 5.59. The number of nitrogens with zero attached hydrogens (tertiary/aromatic N) is 3. The van der Waals surface area contributed by atoms with E-state index in [9.17, 15) is 4.79 Å². The lowest BCUT2D eigenvalue weighted by Gasteiger charge is -2.06. The Morgan fingerprint density at radius 2 is 2.05 bits per heavy atom. The van der Waals surface area contributed by atoms with Crippen LogP contribution in [0.3, 0.4) is 0 Å². The zero-order valence-corrected chi connectivity index (χ0v) is 13.6. The number of rotatable bonds is 4. The monoisotopic (exact) mass is 349 g/mol. The minimum absolute atomic E-state index is 0.343. The van der Waals surface area contributed by atoms with Gasteiger partial charge in [0.05, 0.1) is 27.9 Å². The highest BCUT2D eigenvalue weighted by Gasteiger charge is 2.17. The molecule has 110 valence electrons. The fraction of sp³-hybridized carbons (Fsp3) is 0.333. The average Bonchev–Trinajstić information content (AvgIpc) is 2.98. The summed E-state index contributed by atoms with van der Waals surface area (Å²) >= 11 is 3.61. The molecule has 0 N–H and O–H groups in total. The molecule has 3 aromatic rings. The Balaban J connectivity index is 2.13. The molecule has 1 aromatic carbocycles. The number of aryl methyl sites for hydroxylation is 2. The molecule has 5 nitrogen and oxygen atoms in total. The molecule has 0 aliphatic heterocycles. The van der Waals surface area contributed by atoms with Gasteiger partial charge in [-0.05, 0) is 41.4 Å². The second-order valence-electron chi connectivity index (χ2n) is 4.80. The predicted molar refractivity (Wildman–Crippen MR) is 84.6 cm³/mol. The summed E-state index contributed by atoms with van der Waals surface area (Å²) in [5.74, 6) is -0.343. The first-order valence-electron chi connectivity index (χ1n) is 6.98. The molecule has 0 radical (unpaired) electrons. The fourth-order valence-corrected chi connectivity index (χ4v) is 3.17. The van der Waals surface area contributed by atoms with Gasteiger partial charge in [-0.15, -0.1) is 0 Å². The van der Waals surface area contributed by atoms with Crippen molar-refractivity contribution in [1.82, 2.24) is 14.3 Å². The molecule has 2 aromatic heterocycles. The third-order valence-corrected chi connectivity index (χ3v) is 4.49. The Bertz CT molecular complexity index is 844. The molecule has 21 heavy (non-hydrogen) atoms. The molecule has 3 rings (SSSR count). The highest BCUT2D eigenvalue weighted by Crippen LogP contribution is 2.24. The van der Waals surface area contributed by atoms with Crippen LogP contribution in [0.1, 0.15) is 25.2 Å². The van der Waals surface area contributed by atoms with Gasteiger partial charge >= 0.3 is 5.76 Å². The van der Waals surface area contributed by atoms with Gasteiger partial charge in [0.25, 0.3) is 0 Å². The molecular weight excluding hydrogens is 334 g/mol. The summed E-state index contributed by atoms with van der Waals surface area (Å²) in [5.41, 5.74) is 3.41. The van der Waals surface area contributed by atoms with E-state index in [1.165, 1.54) is 0 Å². The predicted octanol–water partition coefficient (Wildman–Crippen LogP) is 3.18. The summed E-state index contributed by atoms with van der Waals surface area (Å²) in [5, 5.41) is 4.56. The van der Waals surface area contributed by atoms with E-state index in [4.69, 9.17) is 4.42 Å². The van der Waals surface area contributed by atoms with Gasteiger partial charge < -0.3 is 4.42 Å². The summed E-state index contributed by atoms with van der Waals surface area (Å²) < 4.78 is 9.83. The zero-order chi connectivity index (χ0) is 15.0. The van der Waals surface area contributed by atoms with Crippen LogP contribution >= 0.6 is 15.9 Å². The second kappa shape index (κ2) is 5.52. The molecule has 0 bridgehead atoms. The number of oxazole rings is 1. The molecule has 0 unspecified atom stereocenters. The van der Waals surface area contributed by atoms with Crippen LogP contribution in [0.4, 0.5) is 0 Å². The first-order valence-corrected chi connectivity index (χ1v) is 7.77. The fourth-order valence-electron chi connectivity index (χ4n) is 2.48. The van der Waals surface area contributed by atoms with E-state index < -0.39 is 0 Å². The van der Waals surface area contributed by atoms with Crippen LogP contribution in [0.15, 0.2) is 37.9 Å². The van der Waals surface area contributed by atoms with Crippen LogP contribution in [0, 0.1) is 0 Å². The molecule has 0 amide bonds. The van der Waals surface area contributed by atoms with Gasteiger partial charge in [-0.25, -0.2) is 4.79 Å². The van der Waals surface area contributed by atoms with Crippen LogP contribution in [0.25, 0.3) is 11.1 Å². The van der Waals surface area contributed by atoms with Crippen molar-refractivity contribution < 1.29 is 4.42 Å². The van der Waals surface area contributed by atoms with E-state index in [1.807, 2.05) is 29.8 Å². The van der Waals surface area contributed by atoms with Crippen molar-refractivity contribution >= 4 is 27.0 Å². The van der Waals surface area contributed by atoms with Gasteiger partial charge in [0, 0.05) is 6.54 Å². The van der Waals surface area contributed by atoms with Gasteiger partial charge in [0.2, 0.25) is 0 Å². The molecule has 0 spiro atoms. The van der Waals surface area contributed by atoms with E-state index in [2.05, 4.69) is 28.0 Å². The van der Waals surface area contributed by atoms with Crippen molar-refractivity contribution in [3.05, 3.63) is 50.7 Å². The lowest BCUT2D eigenvalue weighted by Crippen LogP contribution is -2.17. The van der Waals surface area contributed by atoms with Crippen molar-refractivity contribution in [3.8, 4) is 0 Å². The Morgan fingerprint density at radius 3 is 2.76 bits per heavy atom. The van der Waals surface area contributed by atoms with Crippen LogP contribution < -0.4 is 5.76 Å². The first kappa shape index (κ1) is 14.1. The van der Waals surface area contributed by atoms with Gasteiger partial charge in [-0.3, -0.25) is 9.25 Å². The van der Waals surface area contributed by atoms with Crippen molar-refractivity contribution in [2.75, 3.05) is 0 Å². The molecule has 0 aliphatic carbocycles. The Kier molecular flexibility index (Phi) is 3.71. The van der Waals surface area contributed by atoms with Crippen molar-refractivity contribution in [3.63, 3.8) is 0 Å². The van der Waals surface area contributed by atoms with E-state index in [0.29, 0.717) is 12.1 Å². The molecule has 0 fully saturated rings. The number of benzene rings is 1. The Morgan fingerprint density at radius 1 is 1.29 bits per heavy atom. The van der Waals surface area contributed by atoms with Crippen LogP contribution in [-0.2, 0) is 19.5 Å². The zero-order valence-electron chi connectivity index (χ0n) is 12.0. The van der Waals surface area contributed by atoms with Gasteiger partial charge in [-0.1, -0.05) is 19.1 Å². The lowest BCUT2D eigenvalue weighted by atomic mass is 10.3. The minimum atomic E-state index is -0.343. The average molecular weight is 350 g/mol. The first-order chi connectivity index (χ1) is 10.2. The number of halogens is 1. The van der Waals surface area contributed by atoms with Crippen LogP contribution in [0.2, 0.25) is 0 Å². The highest BCUT2D eigenvalue weighted by atomic mass is 79.9. The SMILES string of the molecule is CCc1nn(CC)c(Cn2c(=O)oc3ccccc32)c1Br. The standard InChI is InChI=1S/C15H16BrN3O2/c1-3-10-14(16)12(19(4-2)17-10)9-18-11-7-5-6-8-13(11)21-15(18)20/h5-8H,3-4,9H2,1-2H3. The molecular formula is C15H16BrN3O2. The van der Waals surface area contributed by atoms with Crippen molar-refractivity contribution in [2.24, 2.45) is 0 Å². The third kappa shape index (κ3) is 2.33. The normalized spacial score (nSPS) is 11.4. The highest BCUT2D eigenvalue weighted by molar-refractivity contribution is 9.10. The van der Waals surface area contributed by atoms with E-state index in [1.54, 1.807) is 10.6 Å². The Labute approximate surface area is 130 Å². The lowest BCUT2D eigenvalue weighted by molar-refractivity contribution is 0.506. The van der Waals surface area contributed by atoms with Crippen molar-refractivity contribution in [1.29, 1.82) is 0 Å². The molecule has 0 aliphatic rings. The summed E-state index contributed by atoms with van der Waals surface area (Å²) in [4.78, 5) is 12.1. The topological polar surface area (TPSA) is 53.0 Å². The summed E-state index contributed by atoms with van der Waals surface area (Å²) in [7, 11) is 0. The minimum Gasteiger partial charge on any atom is -0.408 e. The Hall–Kier alpha value is -1.82. The number of hydrogen-bond acceptors (Lipinski definition) is 3. The van der Waals surface area contributed by atoms with Gasteiger partial charge in [-0.2, -0.15) is 5.10 Å². The van der Waals surface area contributed by atoms with E-state index in [-0.39, 0.29) is 5.76 Å². The molecule has 0 saturated carbocycles.